The molecule has 2 N–H and O–H groups in total. The van der Waals surface area contributed by atoms with Gasteiger partial charge in [0, 0.05) is 16.6 Å². The smallest absolute Gasteiger partial charge is 0.228 e. The van der Waals surface area contributed by atoms with Gasteiger partial charge in [-0.05, 0) is 42.8 Å². The number of hydrogen-bond acceptors (Lipinski definition) is 1. The minimum Gasteiger partial charge on any atom is -0.358 e. The van der Waals surface area contributed by atoms with Gasteiger partial charge in [-0.25, -0.2) is 4.39 Å². The molecule has 3 rings (SSSR count). The highest BCUT2D eigenvalue weighted by molar-refractivity contribution is 6.44. The Morgan fingerprint density at radius 1 is 1.26 bits per heavy atom. The van der Waals surface area contributed by atoms with Crippen LogP contribution in [0, 0.1) is 12.7 Å². The molecule has 0 aliphatic carbocycles. The van der Waals surface area contributed by atoms with Crippen molar-refractivity contribution in [3.05, 3.63) is 63.5 Å². The van der Waals surface area contributed by atoms with Gasteiger partial charge in [-0.1, -0.05) is 29.3 Å². The molecule has 0 aliphatic heterocycles. The largest absolute Gasteiger partial charge is 0.358 e. The van der Waals surface area contributed by atoms with Crippen molar-refractivity contribution in [1.82, 2.24) is 4.98 Å². The summed E-state index contributed by atoms with van der Waals surface area (Å²) in [6, 6.07) is 9.49. The van der Waals surface area contributed by atoms with Crippen molar-refractivity contribution < 1.29 is 9.18 Å². The van der Waals surface area contributed by atoms with Crippen LogP contribution in [0.5, 0.6) is 0 Å². The summed E-state index contributed by atoms with van der Waals surface area (Å²) in [5.74, 6) is -0.585. The molecule has 0 atom stereocenters. The molecule has 0 saturated carbocycles. The van der Waals surface area contributed by atoms with Crippen LogP contribution >= 0.6 is 23.2 Å². The predicted octanol–water partition coefficient (Wildman–Crippen LogP) is 5.10. The van der Waals surface area contributed by atoms with Crippen LogP contribution in [-0.2, 0) is 11.2 Å². The molecule has 0 saturated heterocycles. The average Bonchev–Trinajstić information content (AvgIpc) is 2.80. The lowest BCUT2D eigenvalue weighted by Crippen LogP contribution is -2.15. The lowest BCUT2D eigenvalue weighted by molar-refractivity contribution is -0.115. The predicted molar refractivity (Wildman–Crippen MR) is 91.8 cm³/mol. The number of H-pyrrole nitrogens is 1. The molecule has 23 heavy (non-hydrogen) atoms. The first-order valence-electron chi connectivity index (χ1n) is 6.96. The number of carbonyl (C=O) groups excluding carboxylic acids is 1. The van der Waals surface area contributed by atoms with E-state index in [9.17, 15) is 9.18 Å². The Labute approximate surface area is 142 Å². The van der Waals surface area contributed by atoms with E-state index in [4.69, 9.17) is 23.2 Å². The first kappa shape index (κ1) is 15.8. The number of aryl methyl sites for hydroxylation is 1. The summed E-state index contributed by atoms with van der Waals surface area (Å²) < 4.78 is 13.5. The number of amides is 1. The van der Waals surface area contributed by atoms with E-state index in [0.717, 1.165) is 16.8 Å². The number of aromatic nitrogens is 1. The molecule has 0 spiro atoms. The van der Waals surface area contributed by atoms with Crippen LogP contribution in [0.1, 0.15) is 11.3 Å². The Bertz CT molecular complexity index is 905. The number of halogens is 3. The lowest BCUT2D eigenvalue weighted by atomic mass is 10.1. The van der Waals surface area contributed by atoms with Gasteiger partial charge in [0.05, 0.1) is 22.2 Å². The zero-order valence-corrected chi connectivity index (χ0v) is 13.7. The lowest BCUT2D eigenvalue weighted by Gasteiger charge is -2.08. The number of fused-ring (bicyclic) bond motifs is 1. The van der Waals surface area contributed by atoms with Crippen LogP contribution < -0.4 is 5.32 Å². The molecule has 2 aromatic carbocycles. The van der Waals surface area contributed by atoms with Gasteiger partial charge >= 0.3 is 0 Å². The van der Waals surface area contributed by atoms with Gasteiger partial charge in [0.15, 0.2) is 0 Å². The monoisotopic (exact) mass is 350 g/mol. The molecule has 1 heterocycles. The Morgan fingerprint density at radius 3 is 2.83 bits per heavy atom. The van der Waals surface area contributed by atoms with Crippen LogP contribution in [0.4, 0.5) is 10.1 Å². The van der Waals surface area contributed by atoms with E-state index in [2.05, 4.69) is 10.3 Å². The van der Waals surface area contributed by atoms with Crippen LogP contribution in [0.3, 0.4) is 0 Å². The van der Waals surface area contributed by atoms with Crippen LogP contribution in [-0.4, -0.2) is 10.9 Å². The number of carbonyl (C=O) groups is 1. The summed E-state index contributed by atoms with van der Waals surface area (Å²) in [4.78, 5) is 15.5. The second-order valence-corrected chi connectivity index (χ2v) is 6.03. The van der Waals surface area contributed by atoms with Crippen molar-refractivity contribution >= 4 is 45.7 Å². The summed E-state index contributed by atoms with van der Waals surface area (Å²) in [6.07, 6.45) is 0.109. The number of aromatic amines is 1. The Kier molecular flexibility index (Phi) is 4.28. The summed E-state index contributed by atoms with van der Waals surface area (Å²) >= 11 is 12.0. The van der Waals surface area contributed by atoms with E-state index in [0.29, 0.717) is 21.1 Å². The molecule has 6 heteroatoms. The minimum absolute atomic E-state index is 0.109. The van der Waals surface area contributed by atoms with Crippen molar-refractivity contribution in [2.45, 2.75) is 13.3 Å². The molecule has 0 bridgehead atoms. The van der Waals surface area contributed by atoms with Gasteiger partial charge in [-0.3, -0.25) is 4.79 Å². The highest BCUT2D eigenvalue weighted by Crippen LogP contribution is 2.30. The summed E-state index contributed by atoms with van der Waals surface area (Å²) in [5, 5.41) is 4.10. The third kappa shape index (κ3) is 3.19. The molecular weight excluding hydrogens is 338 g/mol. The normalized spacial score (nSPS) is 11.0. The molecule has 0 unspecified atom stereocenters. The number of rotatable bonds is 3. The summed E-state index contributed by atoms with van der Waals surface area (Å²) in [5.41, 5.74) is 2.84. The van der Waals surface area contributed by atoms with Gasteiger partial charge in [-0.15, -0.1) is 0 Å². The van der Waals surface area contributed by atoms with Crippen LogP contribution in [0.25, 0.3) is 10.9 Å². The highest BCUT2D eigenvalue weighted by atomic mass is 35.5. The second-order valence-electron chi connectivity index (χ2n) is 5.24. The average molecular weight is 351 g/mol. The van der Waals surface area contributed by atoms with Crippen molar-refractivity contribution in [2.24, 2.45) is 0 Å². The SMILES string of the molecule is Cc1[nH]c2ccc(F)cc2c1CC(=O)Nc1cccc(Cl)c1Cl. The van der Waals surface area contributed by atoms with Crippen molar-refractivity contribution in [3.8, 4) is 0 Å². The number of anilines is 1. The van der Waals surface area contributed by atoms with E-state index < -0.39 is 0 Å². The topological polar surface area (TPSA) is 44.9 Å². The Balaban J connectivity index is 1.87. The fourth-order valence-corrected chi connectivity index (χ4v) is 2.89. The highest BCUT2D eigenvalue weighted by Gasteiger charge is 2.14. The number of hydrogen-bond donors (Lipinski definition) is 2. The Hall–Kier alpha value is -2.04. The van der Waals surface area contributed by atoms with Crippen LogP contribution in [0.2, 0.25) is 10.0 Å². The maximum Gasteiger partial charge on any atom is 0.228 e. The molecule has 3 aromatic rings. The third-order valence-corrected chi connectivity index (χ3v) is 4.46. The minimum atomic E-state index is -0.337. The first-order valence-corrected chi connectivity index (χ1v) is 7.72. The van der Waals surface area contributed by atoms with E-state index in [-0.39, 0.29) is 18.1 Å². The van der Waals surface area contributed by atoms with Gasteiger partial charge in [0.25, 0.3) is 0 Å². The fourth-order valence-electron chi connectivity index (χ4n) is 2.54. The molecule has 118 valence electrons. The molecule has 3 nitrogen and oxygen atoms in total. The van der Waals surface area contributed by atoms with E-state index in [1.807, 2.05) is 6.92 Å². The standard InChI is InChI=1S/C17H13Cl2FN2O/c1-9-11(12-7-10(20)5-6-14(12)21-9)8-16(23)22-15-4-2-3-13(18)17(15)19/h2-7,21H,8H2,1H3,(H,22,23). The molecular formula is C17H13Cl2FN2O. The zero-order chi connectivity index (χ0) is 16.6. The van der Waals surface area contributed by atoms with E-state index in [1.54, 1.807) is 24.3 Å². The number of benzene rings is 2. The van der Waals surface area contributed by atoms with Crippen molar-refractivity contribution in [1.29, 1.82) is 0 Å². The maximum absolute atomic E-state index is 13.5. The Morgan fingerprint density at radius 2 is 2.04 bits per heavy atom. The second kappa shape index (κ2) is 6.22. The van der Waals surface area contributed by atoms with E-state index in [1.165, 1.54) is 12.1 Å². The quantitative estimate of drug-likeness (QED) is 0.677. The van der Waals surface area contributed by atoms with Crippen LogP contribution in [0.15, 0.2) is 36.4 Å². The van der Waals surface area contributed by atoms with Gasteiger partial charge < -0.3 is 10.3 Å². The molecule has 1 amide bonds. The molecule has 1 aromatic heterocycles. The third-order valence-electron chi connectivity index (χ3n) is 3.64. The first-order chi connectivity index (χ1) is 11.0. The van der Waals surface area contributed by atoms with Gasteiger partial charge in [0.2, 0.25) is 5.91 Å². The zero-order valence-electron chi connectivity index (χ0n) is 12.2. The summed E-state index contributed by atoms with van der Waals surface area (Å²) in [7, 11) is 0. The number of nitrogens with one attached hydrogen (secondary N) is 2. The molecule has 0 radical (unpaired) electrons. The van der Waals surface area contributed by atoms with Crippen molar-refractivity contribution in [2.75, 3.05) is 5.32 Å². The van der Waals surface area contributed by atoms with Gasteiger partial charge in [-0.2, -0.15) is 0 Å². The maximum atomic E-state index is 13.5. The van der Waals surface area contributed by atoms with E-state index >= 15 is 0 Å². The van der Waals surface area contributed by atoms with Crippen molar-refractivity contribution in [3.63, 3.8) is 0 Å². The fraction of sp³-hybridized carbons (Fsp3) is 0.118. The van der Waals surface area contributed by atoms with Gasteiger partial charge in [0.1, 0.15) is 5.82 Å². The molecule has 0 fully saturated rings. The summed E-state index contributed by atoms with van der Waals surface area (Å²) in [6.45, 7) is 1.85. The molecule has 0 aliphatic rings.